The molecule has 1 saturated carbocycles. The molecule has 2 aromatic carbocycles. The van der Waals surface area contributed by atoms with Gasteiger partial charge in [-0.1, -0.05) is 56.1 Å². The highest BCUT2D eigenvalue weighted by atomic mass is 35.5. The first kappa shape index (κ1) is 30.3. The number of carboxylic acid groups (broad SMARTS) is 1. The number of benzene rings is 2. The molecule has 1 fully saturated rings. The predicted octanol–water partition coefficient (Wildman–Crippen LogP) is 6.36. The zero-order valence-electron chi connectivity index (χ0n) is 22.5. The molecular weight excluding hydrogens is 537 g/mol. The van der Waals surface area contributed by atoms with E-state index in [1.54, 1.807) is 30.3 Å². The average molecular weight is 573 g/mol. The van der Waals surface area contributed by atoms with E-state index in [4.69, 9.17) is 33.3 Å². The molecule has 0 heterocycles. The number of hydrogen-bond acceptors (Lipinski definition) is 4. The number of aliphatic imine (C=N–C) groups is 1. The van der Waals surface area contributed by atoms with E-state index in [1.165, 1.54) is 0 Å². The summed E-state index contributed by atoms with van der Waals surface area (Å²) in [6.07, 6.45) is 5.94. The van der Waals surface area contributed by atoms with Gasteiger partial charge in [-0.3, -0.25) is 14.9 Å². The quantitative estimate of drug-likeness (QED) is 0.147. The van der Waals surface area contributed by atoms with Crippen LogP contribution in [0.2, 0.25) is 10.0 Å². The van der Waals surface area contributed by atoms with Crippen molar-refractivity contribution >= 4 is 46.7 Å². The Morgan fingerprint density at radius 1 is 1.08 bits per heavy atom. The molecule has 0 spiro atoms. The van der Waals surface area contributed by atoms with Gasteiger partial charge in [0.1, 0.15) is 0 Å². The van der Waals surface area contributed by atoms with Crippen molar-refractivity contribution in [3.63, 3.8) is 0 Å². The number of carbonyl (C=O) groups excluding carboxylic acids is 1. The summed E-state index contributed by atoms with van der Waals surface area (Å²) in [6, 6.07) is 12.3. The second kappa shape index (κ2) is 13.7. The Kier molecular flexibility index (Phi) is 10.6. The fraction of sp³-hybridized carbons (Fsp3) is 0.448. The van der Waals surface area contributed by atoms with Gasteiger partial charge in [0.05, 0.1) is 12.1 Å². The Morgan fingerprint density at radius 3 is 2.23 bits per heavy atom. The molecule has 208 valence electrons. The normalized spacial score (nSPS) is 17.7. The maximum atomic E-state index is 12.4. The van der Waals surface area contributed by atoms with Crippen LogP contribution in [0.1, 0.15) is 68.8 Å². The third-order valence-electron chi connectivity index (χ3n) is 7.08. The van der Waals surface area contributed by atoms with Crippen molar-refractivity contribution in [3.8, 4) is 6.19 Å². The summed E-state index contributed by atoms with van der Waals surface area (Å²) in [5, 5.41) is 24.7. The van der Waals surface area contributed by atoms with Crippen LogP contribution in [0.3, 0.4) is 0 Å². The molecule has 39 heavy (non-hydrogen) atoms. The minimum Gasteiger partial charge on any atom is -0.481 e. The van der Waals surface area contributed by atoms with Crippen LogP contribution >= 0.6 is 23.2 Å². The lowest BCUT2D eigenvalue weighted by molar-refractivity contribution is -0.136. The number of halogens is 2. The van der Waals surface area contributed by atoms with Gasteiger partial charge < -0.3 is 15.3 Å². The fourth-order valence-electron chi connectivity index (χ4n) is 4.91. The van der Waals surface area contributed by atoms with Gasteiger partial charge in [-0.25, -0.2) is 4.99 Å². The van der Waals surface area contributed by atoms with Gasteiger partial charge in [-0.2, -0.15) is 5.26 Å². The number of carboxylic acids is 1. The lowest BCUT2D eigenvalue weighted by Gasteiger charge is -2.42. The van der Waals surface area contributed by atoms with Crippen LogP contribution in [0, 0.1) is 22.8 Å². The van der Waals surface area contributed by atoms with Crippen molar-refractivity contribution in [1.29, 1.82) is 5.26 Å². The number of aliphatic carboxylic acids is 1. The average Bonchev–Trinajstić information content (AvgIpc) is 2.86. The number of nitrogens with zero attached hydrogens (tertiary/aromatic N) is 3. The third-order valence-corrected chi connectivity index (χ3v) is 7.51. The molecule has 0 unspecified atom stereocenters. The molecule has 0 saturated heterocycles. The molecule has 2 aromatic rings. The summed E-state index contributed by atoms with van der Waals surface area (Å²) < 4.78 is 0. The van der Waals surface area contributed by atoms with Gasteiger partial charge in [0, 0.05) is 34.7 Å². The SMILES string of the molecule is CC(C)(C)C1CCC(N(Cc2ccc(C(=O)NCCC(=O)O)cc2)C(=Nc2cc(Cl)cc(Cl)c2)NC#N)CC1. The Morgan fingerprint density at radius 2 is 1.69 bits per heavy atom. The van der Waals surface area contributed by atoms with E-state index < -0.39 is 5.97 Å². The molecule has 8 nitrogen and oxygen atoms in total. The Balaban J connectivity index is 1.87. The smallest absolute Gasteiger partial charge is 0.305 e. The molecule has 0 aliphatic heterocycles. The van der Waals surface area contributed by atoms with Crippen LogP contribution in [-0.4, -0.2) is 40.4 Å². The van der Waals surface area contributed by atoms with Crippen molar-refractivity contribution < 1.29 is 14.7 Å². The molecule has 10 heteroatoms. The summed E-state index contributed by atoms with van der Waals surface area (Å²) >= 11 is 12.4. The summed E-state index contributed by atoms with van der Waals surface area (Å²) in [5.41, 5.74) is 2.15. The van der Waals surface area contributed by atoms with E-state index in [-0.39, 0.29) is 30.3 Å². The molecule has 0 radical (unpaired) electrons. The Bertz CT molecular complexity index is 1210. The first-order valence-corrected chi connectivity index (χ1v) is 13.8. The van der Waals surface area contributed by atoms with Crippen LogP contribution in [0.5, 0.6) is 0 Å². The number of hydrogen-bond donors (Lipinski definition) is 3. The molecule has 0 atom stereocenters. The first-order chi connectivity index (χ1) is 18.5. The predicted molar refractivity (Wildman–Crippen MR) is 154 cm³/mol. The zero-order valence-corrected chi connectivity index (χ0v) is 24.0. The summed E-state index contributed by atoms with van der Waals surface area (Å²) in [7, 11) is 0. The molecule has 3 rings (SSSR count). The monoisotopic (exact) mass is 571 g/mol. The number of nitrogens with one attached hydrogen (secondary N) is 2. The molecule has 1 amide bonds. The summed E-state index contributed by atoms with van der Waals surface area (Å²) in [4.78, 5) is 29.9. The third kappa shape index (κ3) is 9.15. The second-order valence-corrected chi connectivity index (χ2v) is 11.8. The van der Waals surface area contributed by atoms with E-state index in [2.05, 4.69) is 36.3 Å². The molecule has 3 N–H and O–H groups in total. The summed E-state index contributed by atoms with van der Waals surface area (Å²) in [5.74, 6) is -0.270. The number of nitriles is 1. The fourth-order valence-corrected chi connectivity index (χ4v) is 5.43. The van der Waals surface area contributed by atoms with Gasteiger partial charge in [-0.05, 0) is 72.9 Å². The van der Waals surface area contributed by atoms with Gasteiger partial charge in [0.15, 0.2) is 6.19 Å². The zero-order chi connectivity index (χ0) is 28.6. The molecule has 1 aliphatic carbocycles. The standard InChI is InChI=1S/C29H35Cl2N5O3/c1-29(2,3)21-8-10-25(11-9-21)36(28(34-18-32)35-24-15-22(30)14-23(31)16-24)17-19-4-6-20(7-5-19)27(39)33-13-12-26(37)38/h4-7,14-16,21,25H,8-13,17H2,1-3H3,(H,33,39)(H,34,35)(H,37,38). The molecule has 1 aliphatic rings. The highest BCUT2D eigenvalue weighted by Crippen LogP contribution is 2.39. The van der Waals surface area contributed by atoms with Gasteiger partial charge in [0.2, 0.25) is 5.96 Å². The minimum atomic E-state index is -0.967. The maximum Gasteiger partial charge on any atom is 0.305 e. The highest BCUT2D eigenvalue weighted by Gasteiger charge is 2.33. The maximum absolute atomic E-state index is 12.4. The van der Waals surface area contributed by atoms with Crippen LogP contribution in [0.4, 0.5) is 5.69 Å². The van der Waals surface area contributed by atoms with Crippen molar-refractivity contribution in [2.24, 2.45) is 16.3 Å². The van der Waals surface area contributed by atoms with Crippen LogP contribution in [-0.2, 0) is 11.3 Å². The van der Waals surface area contributed by atoms with Crippen molar-refractivity contribution in [2.45, 2.75) is 65.5 Å². The largest absolute Gasteiger partial charge is 0.481 e. The Hall–Kier alpha value is -3.28. The lowest BCUT2D eigenvalue weighted by atomic mass is 9.71. The van der Waals surface area contributed by atoms with Crippen LogP contribution in [0.25, 0.3) is 0 Å². The van der Waals surface area contributed by atoms with Crippen LogP contribution < -0.4 is 10.6 Å². The summed E-state index contributed by atoms with van der Waals surface area (Å²) in [6.45, 7) is 7.37. The number of guanidine groups is 1. The first-order valence-electron chi connectivity index (χ1n) is 13.0. The highest BCUT2D eigenvalue weighted by molar-refractivity contribution is 6.35. The van der Waals surface area contributed by atoms with Crippen molar-refractivity contribution in [2.75, 3.05) is 6.54 Å². The van der Waals surface area contributed by atoms with E-state index in [0.29, 0.717) is 39.7 Å². The van der Waals surface area contributed by atoms with Crippen molar-refractivity contribution in [1.82, 2.24) is 15.5 Å². The van der Waals surface area contributed by atoms with E-state index in [0.717, 1.165) is 31.2 Å². The topological polar surface area (TPSA) is 118 Å². The second-order valence-electron chi connectivity index (χ2n) is 10.9. The number of amides is 1. The van der Waals surface area contributed by atoms with E-state index >= 15 is 0 Å². The van der Waals surface area contributed by atoms with Gasteiger partial charge in [-0.15, -0.1) is 0 Å². The van der Waals surface area contributed by atoms with Gasteiger partial charge in [0.25, 0.3) is 5.91 Å². The Labute approximate surface area is 240 Å². The molecule has 0 aromatic heterocycles. The molecular formula is C29H35Cl2N5O3. The lowest BCUT2D eigenvalue weighted by Crippen LogP contribution is -2.47. The van der Waals surface area contributed by atoms with E-state index in [1.807, 2.05) is 18.3 Å². The minimum absolute atomic E-state index is 0.0636. The number of rotatable bonds is 8. The van der Waals surface area contributed by atoms with Gasteiger partial charge >= 0.3 is 5.97 Å². The molecule has 0 bridgehead atoms. The van der Waals surface area contributed by atoms with Crippen molar-refractivity contribution in [3.05, 3.63) is 63.6 Å². The van der Waals surface area contributed by atoms with E-state index in [9.17, 15) is 14.9 Å². The van der Waals surface area contributed by atoms with Crippen LogP contribution in [0.15, 0.2) is 47.5 Å². The number of carbonyl (C=O) groups is 2.